The lowest BCUT2D eigenvalue weighted by atomic mass is 10.0. The molecule has 1 amide bonds. The third-order valence-electron chi connectivity index (χ3n) is 2.60. The van der Waals surface area contributed by atoms with Crippen LogP contribution in [0.3, 0.4) is 0 Å². The Kier molecular flexibility index (Phi) is 4.42. The molecule has 0 saturated heterocycles. The topological polar surface area (TPSA) is 50.4 Å². The summed E-state index contributed by atoms with van der Waals surface area (Å²) in [6.45, 7) is 10.6. The van der Waals surface area contributed by atoms with Gasteiger partial charge in [0.05, 0.1) is 0 Å². The van der Waals surface area contributed by atoms with Gasteiger partial charge in [-0.25, -0.2) is 4.79 Å². The van der Waals surface area contributed by atoms with E-state index in [1.165, 1.54) is 12.8 Å². The fourth-order valence-electron chi connectivity index (χ4n) is 1.52. The molecule has 1 aliphatic carbocycles. The van der Waals surface area contributed by atoms with Gasteiger partial charge in [0, 0.05) is 11.6 Å². The van der Waals surface area contributed by atoms with Gasteiger partial charge in [-0.15, -0.1) is 0 Å². The third kappa shape index (κ3) is 7.21. The van der Waals surface area contributed by atoms with E-state index in [2.05, 4.69) is 10.6 Å². The Bertz CT molecular complexity index is 265. The van der Waals surface area contributed by atoms with Crippen molar-refractivity contribution in [2.24, 2.45) is 0 Å². The highest BCUT2D eigenvalue weighted by atomic mass is 16.6. The third-order valence-corrected chi connectivity index (χ3v) is 2.60. The minimum Gasteiger partial charge on any atom is -0.444 e. The van der Waals surface area contributed by atoms with Crippen LogP contribution in [0.25, 0.3) is 0 Å². The number of hydrogen-bond acceptors (Lipinski definition) is 3. The zero-order chi connectivity index (χ0) is 13.1. The maximum atomic E-state index is 11.6. The van der Waals surface area contributed by atoms with Crippen LogP contribution in [-0.4, -0.2) is 29.8 Å². The summed E-state index contributed by atoms with van der Waals surface area (Å²) < 4.78 is 5.24. The zero-order valence-corrected chi connectivity index (χ0v) is 11.7. The standard InChI is InChI=1S/C13H26N2O2/c1-12(2,3)17-11(16)15-13(4,5)8-9-14-10-6-7-10/h10,14H,6-9H2,1-5H3,(H,15,16). The van der Waals surface area contributed by atoms with Gasteiger partial charge in [0.15, 0.2) is 0 Å². The molecule has 4 nitrogen and oxygen atoms in total. The monoisotopic (exact) mass is 242 g/mol. The predicted molar refractivity (Wildman–Crippen MR) is 69.1 cm³/mol. The quantitative estimate of drug-likeness (QED) is 0.778. The fourth-order valence-corrected chi connectivity index (χ4v) is 1.52. The number of ether oxygens (including phenoxy) is 1. The van der Waals surface area contributed by atoms with Gasteiger partial charge in [-0.2, -0.15) is 0 Å². The van der Waals surface area contributed by atoms with Crippen LogP contribution < -0.4 is 10.6 Å². The van der Waals surface area contributed by atoms with Gasteiger partial charge in [-0.05, 0) is 60.4 Å². The van der Waals surface area contributed by atoms with Gasteiger partial charge in [0.2, 0.25) is 0 Å². The Balaban J connectivity index is 2.23. The minimum absolute atomic E-state index is 0.232. The molecular weight excluding hydrogens is 216 g/mol. The molecule has 1 fully saturated rings. The molecule has 0 aromatic carbocycles. The summed E-state index contributed by atoms with van der Waals surface area (Å²) >= 11 is 0. The first-order chi connectivity index (χ1) is 7.68. The van der Waals surface area contributed by atoms with Crippen molar-refractivity contribution in [3.63, 3.8) is 0 Å². The lowest BCUT2D eigenvalue weighted by Crippen LogP contribution is -2.47. The normalized spacial score (nSPS) is 16.8. The van der Waals surface area contributed by atoms with Crippen molar-refractivity contribution in [2.75, 3.05) is 6.54 Å². The summed E-state index contributed by atoms with van der Waals surface area (Å²) in [4.78, 5) is 11.6. The number of hydrogen-bond donors (Lipinski definition) is 2. The Morgan fingerprint density at radius 1 is 1.24 bits per heavy atom. The molecule has 0 aliphatic heterocycles. The van der Waals surface area contributed by atoms with E-state index in [0.29, 0.717) is 6.04 Å². The molecule has 0 aromatic heterocycles. The largest absolute Gasteiger partial charge is 0.444 e. The SMILES string of the molecule is CC(C)(CCNC1CC1)NC(=O)OC(C)(C)C. The van der Waals surface area contributed by atoms with E-state index >= 15 is 0 Å². The molecule has 0 spiro atoms. The van der Waals surface area contributed by atoms with Crippen LogP contribution in [0.4, 0.5) is 4.79 Å². The molecule has 17 heavy (non-hydrogen) atoms. The average molecular weight is 242 g/mol. The van der Waals surface area contributed by atoms with Crippen molar-refractivity contribution < 1.29 is 9.53 Å². The molecule has 0 bridgehead atoms. The summed E-state index contributed by atoms with van der Waals surface area (Å²) in [5.74, 6) is 0. The van der Waals surface area contributed by atoms with Crippen molar-refractivity contribution in [1.29, 1.82) is 0 Å². The molecule has 0 atom stereocenters. The highest BCUT2D eigenvalue weighted by molar-refractivity contribution is 5.68. The van der Waals surface area contributed by atoms with Gasteiger partial charge < -0.3 is 15.4 Å². The molecule has 1 aliphatic rings. The number of carbonyl (C=O) groups is 1. The zero-order valence-electron chi connectivity index (χ0n) is 11.7. The summed E-state index contributed by atoms with van der Waals surface area (Å²) in [5.41, 5.74) is -0.670. The molecule has 0 heterocycles. The first kappa shape index (κ1) is 14.3. The average Bonchev–Trinajstić information content (AvgIpc) is 2.81. The van der Waals surface area contributed by atoms with Gasteiger partial charge in [-0.3, -0.25) is 0 Å². The van der Waals surface area contributed by atoms with Crippen molar-refractivity contribution in [3.8, 4) is 0 Å². The second-order valence-electron chi connectivity index (χ2n) is 6.49. The molecule has 0 unspecified atom stereocenters. The maximum absolute atomic E-state index is 11.6. The second kappa shape index (κ2) is 5.25. The summed E-state index contributed by atoms with van der Waals surface area (Å²) in [6.07, 6.45) is 3.15. The van der Waals surface area contributed by atoms with Crippen molar-refractivity contribution >= 4 is 6.09 Å². The maximum Gasteiger partial charge on any atom is 0.408 e. The van der Waals surface area contributed by atoms with E-state index in [1.807, 2.05) is 34.6 Å². The van der Waals surface area contributed by atoms with E-state index in [9.17, 15) is 4.79 Å². The number of alkyl carbamates (subject to hydrolysis) is 1. The predicted octanol–water partition coefficient (Wildman–Crippen LogP) is 2.43. The summed E-state index contributed by atoms with van der Waals surface area (Å²) in [7, 11) is 0. The highest BCUT2D eigenvalue weighted by Gasteiger charge is 2.26. The Morgan fingerprint density at radius 3 is 2.29 bits per heavy atom. The van der Waals surface area contributed by atoms with Crippen molar-refractivity contribution in [1.82, 2.24) is 10.6 Å². The summed E-state index contributed by atoms with van der Waals surface area (Å²) in [6, 6.07) is 0.715. The van der Waals surface area contributed by atoms with Crippen LogP contribution in [0.15, 0.2) is 0 Å². The van der Waals surface area contributed by atoms with Gasteiger partial charge in [0.1, 0.15) is 5.60 Å². The molecule has 0 radical (unpaired) electrons. The second-order valence-corrected chi connectivity index (χ2v) is 6.49. The lowest BCUT2D eigenvalue weighted by Gasteiger charge is -2.28. The molecule has 100 valence electrons. The van der Waals surface area contributed by atoms with E-state index in [1.54, 1.807) is 0 Å². The van der Waals surface area contributed by atoms with Crippen LogP contribution in [-0.2, 0) is 4.74 Å². The number of carbonyl (C=O) groups excluding carboxylic acids is 1. The van der Waals surface area contributed by atoms with E-state index in [4.69, 9.17) is 4.74 Å². The Morgan fingerprint density at radius 2 is 1.82 bits per heavy atom. The smallest absolute Gasteiger partial charge is 0.408 e. The van der Waals surface area contributed by atoms with Crippen molar-refractivity contribution in [2.45, 2.75) is 71.1 Å². The Hall–Kier alpha value is -0.770. The minimum atomic E-state index is -0.438. The molecule has 0 aromatic rings. The number of amides is 1. The van der Waals surface area contributed by atoms with Crippen LogP contribution >= 0.6 is 0 Å². The van der Waals surface area contributed by atoms with Gasteiger partial charge in [0.25, 0.3) is 0 Å². The number of rotatable bonds is 5. The van der Waals surface area contributed by atoms with Crippen molar-refractivity contribution in [3.05, 3.63) is 0 Å². The molecule has 1 saturated carbocycles. The van der Waals surface area contributed by atoms with Crippen LogP contribution in [0.2, 0.25) is 0 Å². The van der Waals surface area contributed by atoms with Crippen LogP contribution in [0, 0.1) is 0 Å². The first-order valence-corrected chi connectivity index (χ1v) is 6.42. The highest BCUT2D eigenvalue weighted by Crippen LogP contribution is 2.19. The van der Waals surface area contributed by atoms with Gasteiger partial charge >= 0.3 is 6.09 Å². The molecular formula is C13H26N2O2. The summed E-state index contributed by atoms with van der Waals surface area (Å²) in [5, 5.41) is 6.35. The Labute approximate surface area is 104 Å². The fraction of sp³-hybridized carbons (Fsp3) is 0.923. The first-order valence-electron chi connectivity index (χ1n) is 6.42. The van der Waals surface area contributed by atoms with E-state index < -0.39 is 5.60 Å². The molecule has 1 rings (SSSR count). The molecule has 4 heteroatoms. The van der Waals surface area contributed by atoms with E-state index in [-0.39, 0.29) is 11.6 Å². The van der Waals surface area contributed by atoms with Gasteiger partial charge in [-0.1, -0.05) is 0 Å². The van der Waals surface area contributed by atoms with Crippen LogP contribution in [0.5, 0.6) is 0 Å². The number of nitrogens with one attached hydrogen (secondary N) is 2. The molecule has 2 N–H and O–H groups in total. The van der Waals surface area contributed by atoms with Crippen LogP contribution in [0.1, 0.15) is 53.9 Å². The lowest BCUT2D eigenvalue weighted by molar-refractivity contribution is 0.0468. The van der Waals surface area contributed by atoms with E-state index in [0.717, 1.165) is 13.0 Å².